The Morgan fingerprint density at radius 3 is 2.86 bits per heavy atom. The molecule has 28 heavy (non-hydrogen) atoms. The molecule has 1 atom stereocenters. The van der Waals surface area contributed by atoms with Gasteiger partial charge in [0.25, 0.3) is 0 Å². The van der Waals surface area contributed by atoms with E-state index in [1.165, 1.54) is 37.8 Å². The van der Waals surface area contributed by atoms with Gasteiger partial charge in [-0.2, -0.15) is 0 Å². The lowest BCUT2D eigenvalue weighted by molar-refractivity contribution is 0.147. The molecule has 1 unspecified atom stereocenters. The molecule has 1 fully saturated rings. The van der Waals surface area contributed by atoms with Gasteiger partial charge in [0.1, 0.15) is 5.82 Å². The van der Waals surface area contributed by atoms with Crippen molar-refractivity contribution in [2.24, 2.45) is 4.99 Å². The quantitative estimate of drug-likeness (QED) is 0.544. The average Bonchev–Trinajstić information content (AvgIpc) is 3.18. The number of rotatable bonds is 8. The molecule has 0 bridgehead atoms. The van der Waals surface area contributed by atoms with Crippen LogP contribution in [-0.4, -0.2) is 53.1 Å². The van der Waals surface area contributed by atoms with Crippen molar-refractivity contribution in [2.75, 3.05) is 26.7 Å². The van der Waals surface area contributed by atoms with Crippen LogP contribution >= 0.6 is 0 Å². The van der Waals surface area contributed by atoms with Gasteiger partial charge in [0.05, 0.1) is 6.54 Å². The van der Waals surface area contributed by atoms with Crippen LogP contribution in [0.3, 0.4) is 0 Å². The van der Waals surface area contributed by atoms with Crippen LogP contribution in [0.4, 0.5) is 0 Å². The molecule has 6 heteroatoms. The first-order chi connectivity index (χ1) is 13.8. The number of benzene rings is 1. The van der Waals surface area contributed by atoms with Gasteiger partial charge in [-0.1, -0.05) is 43.7 Å². The summed E-state index contributed by atoms with van der Waals surface area (Å²) in [6.07, 6.45) is 9.18. The second-order valence-electron chi connectivity index (χ2n) is 7.40. The number of imidazole rings is 1. The summed E-state index contributed by atoms with van der Waals surface area (Å²) < 4.78 is 2.18. The summed E-state index contributed by atoms with van der Waals surface area (Å²) in [5.41, 5.74) is 1.27. The Morgan fingerprint density at radius 1 is 1.21 bits per heavy atom. The number of nitrogens with zero attached hydrogens (tertiary/aromatic N) is 4. The van der Waals surface area contributed by atoms with Crippen molar-refractivity contribution < 1.29 is 0 Å². The number of guanidine groups is 1. The maximum atomic E-state index is 4.50. The Bertz CT molecular complexity index is 724. The SMILES string of the molecule is CCC1CCCCN1CCNC(=NC)NCc1nccn1Cc1ccccc1. The van der Waals surface area contributed by atoms with Crippen molar-refractivity contribution in [2.45, 2.75) is 51.7 Å². The summed E-state index contributed by atoms with van der Waals surface area (Å²) in [4.78, 5) is 11.5. The summed E-state index contributed by atoms with van der Waals surface area (Å²) in [6.45, 7) is 6.99. The predicted molar refractivity (Wildman–Crippen MR) is 115 cm³/mol. The Labute approximate surface area is 169 Å². The first kappa shape index (κ1) is 20.4. The van der Waals surface area contributed by atoms with Crippen molar-refractivity contribution >= 4 is 5.96 Å². The topological polar surface area (TPSA) is 57.5 Å². The predicted octanol–water partition coefficient (Wildman–Crippen LogP) is 2.86. The lowest BCUT2D eigenvalue weighted by Gasteiger charge is -2.35. The van der Waals surface area contributed by atoms with E-state index in [-0.39, 0.29) is 0 Å². The van der Waals surface area contributed by atoms with E-state index in [2.05, 4.69) is 61.3 Å². The lowest BCUT2D eigenvalue weighted by Crippen LogP contribution is -2.45. The summed E-state index contributed by atoms with van der Waals surface area (Å²) in [7, 11) is 1.82. The molecule has 2 heterocycles. The molecule has 3 rings (SSSR count). The van der Waals surface area contributed by atoms with E-state index in [1.54, 1.807) is 0 Å². The van der Waals surface area contributed by atoms with Crippen molar-refractivity contribution in [1.29, 1.82) is 0 Å². The van der Waals surface area contributed by atoms with Crippen LogP contribution in [0.2, 0.25) is 0 Å². The van der Waals surface area contributed by atoms with Gasteiger partial charge in [-0.3, -0.25) is 9.89 Å². The molecular weight excluding hydrogens is 348 g/mol. The van der Waals surface area contributed by atoms with Crippen LogP contribution in [0.15, 0.2) is 47.7 Å². The fourth-order valence-corrected chi connectivity index (χ4v) is 3.95. The molecule has 0 saturated carbocycles. The maximum absolute atomic E-state index is 4.50. The molecule has 0 aliphatic carbocycles. The number of aliphatic imine (C=N–C) groups is 1. The Kier molecular flexibility index (Phi) is 7.91. The monoisotopic (exact) mass is 382 g/mol. The van der Waals surface area contributed by atoms with Crippen LogP contribution in [0.1, 0.15) is 44.0 Å². The molecule has 2 N–H and O–H groups in total. The van der Waals surface area contributed by atoms with E-state index < -0.39 is 0 Å². The van der Waals surface area contributed by atoms with E-state index >= 15 is 0 Å². The fourth-order valence-electron chi connectivity index (χ4n) is 3.95. The van der Waals surface area contributed by atoms with Crippen LogP contribution in [-0.2, 0) is 13.1 Å². The maximum Gasteiger partial charge on any atom is 0.191 e. The third kappa shape index (κ3) is 5.83. The van der Waals surface area contributed by atoms with E-state index in [0.717, 1.165) is 37.5 Å². The number of piperidine rings is 1. The number of aromatic nitrogens is 2. The molecule has 1 aliphatic heterocycles. The molecule has 1 saturated heterocycles. The highest BCUT2D eigenvalue weighted by Gasteiger charge is 2.19. The Hall–Kier alpha value is -2.34. The molecule has 1 aromatic carbocycles. The fraction of sp³-hybridized carbons (Fsp3) is 0.545. The van der Waals surface area contributed by atoms with Gasteiger partial charge >= 0.3 is 0 Å². The largest absolute Gasteiger partial charge is 0.355 e. The van der Waals surface area contributed by atoms with Gasteiger partial charge in [0.2, 0.25) is 0 Å². The zero-order valence-corrected chi connectivity index (χ0v) is 17.3. The van der Waals surface area contributed by atoms with Crippen molar-refractivity contribution in [3.8, 4) is 0 Å². The van der Waals surface area contributed by atoms with E-state index in [1.807, 2.05) is 25.5 Å². The average molecular weight is 383 g/mol. The summed E-state index contributed by atoms with van der Waals surface area (Å²) >= 11 is 0. The molecule has 1 aromatic heterocycles. The third-order valence-electron chi connectivity index (χ3n) is 5.55. The molecular formula is C22H34N6. The van der Waals surface area contributed by atoms with E-state index in [9.17, 15) is 0 Å². The number of likely N-dealkylation sites (tertiary alicyclic amines) is 1. The van der Waals surface area contributed by atoms with Gasteiger partial charge in [0.15, 0.2) is 5.96 Å². The summed E-state index contributed by atoms with van der Waals surface area (Å²) in [5.74, 6) is 1.84. The van der Waals surface area contributed by atoms with Crippen LogP contribution < -0.4 is 10.6 Å². The lowest BCUT2D eigenvalue weighted by atomic mass is 10.0. The van der Waals surface area contributed by atoms with Crippen LogP contribution in [0.25, 0.3) is 0 Å². The molecule has 2 aromatic rings. The Balaban J connectivity index is 1.45. The van der Waals surface area contributed by atoms with E-state index in [0.29, 0.717) is 6.54 Å². The minimum Gasteiger partial charge on any atom is -0.355 e. The van der Waals surface area contributed by atoms with Crippen LogP contribution in [0, 0.1) is 0 Å². The number of hydrogen-bond donors (Lipinski definition) is 2. The van der Waals surface area contributed by atoms with Gasteiger partial charge in [-0.25, -0.2) is 4.98 Å². The first-order valence-corrected chi connectivity index (χ1v) is 10.5. The first-order valence-electron chi connectivity index (χ1n) is 10.5. The molecule has 6 nitrogen and oxygen atoms in total. The second kappa shape index (κ2) is 10.9. The second-order valence-corrected chi connectivity index (χ2v) is 7.40. The summed E-state index contributed by atoms with van der Waals surface area (Å²) in [6, 6.07) is 11.2. The zero-order chi connectivity index (χ0) is 19.6. The zero-order valence-electron chi connectivity index (χ0n) is 17.3. The van der Waals surface area contributed by atoms with Crippen molar-refractivity contribution in [3.05, 3.63) is 54.1 Å². The molecule has 1 aliphatic rings. The van der Waals surface area contributed by atoms with Gasteiger partial charge in [0, 0.05) is 45.1 Å². The van der Waals surface area contributed by atoms with Gasteiger partial charge in [-0.15, -0.1) is 0 Å². The molecule has 0 spiro atoms. The number of hydrogen-bond acceptors (Lipinski definition) is 3. The normalized spacial score (nSPS) is 18.2. The minimum absolute atomic E-state index is 0.654. The highest BCUT2D eigenvalue weighted by molar-refractivity contribution is 5.79. The smallest absolute Gasteiger partial charge is 0.191 e. The molecule has 152 valence electrons. The van der Waals surface area contributed by atoms with E-state index in [4.69, 9.17) is 0 Å². The van der Waals surface area contributed by atoms with Crippen molar-refractivity contribution in [3.63, 3.8) is 0 Å². The van der Waals surface area contributed by atoms with Crippen molar-refractivity contribution in [1.82, 2.24) is 25.1 Å². The Morgan fingerprint density at radius 2 is 2.07 bits per heavy atom. The number of nitrogens with one attached hydrogen (secondary N) is 2. The summed E-state index contributed by atoms with van der Waals surface area (Å²) in [5, 5.41) is 6.85. The highest BCUT2D eigenvalue weighted by atomic mass is 15.2. The van der Waals surface area contributed by atoms with Gasteiger partial charge in [-0.05, 0) is 31.4 Å². The minimum atomic E-state index is 0.654. The molecule has 0 radical (unpaired) electrons. The standard InChI is InChI=1S/C22H34N6/c1-3-20-11-7-8-14-27(20)15-13-25-22(23-2)26-17-21-24-12-16-28(21)18-19-9-5-4-6-10-19/h4-6,9-10,12,16,20H,3,7-8,11,13-15,17-18H2,1-2H3,(H2,23,25,26). The van der Waals surface area contributed by atoms with Gasteiger partial charge < -0.3 is 15.2 Å². The molecule has 0 amide bonds. The van der Waals surface area contributed by atoms with Crippen LogP contribution in [0.5, 0.6) is 0 Å². The third-order valence-corrected chi connectivity index (χ3v) is 5.55. The highest BCUT2D eigenvalue weighted by Crippen LogP contribution is 2.18.